The molecule has 27 heavy (non-hydrogen) atoms. The van der Waals surface area contributed by atoms with E-state index in [4.69, 9.17) is 4.98 Å². The van der Waals surface area contributed by atoms with Crippen LogP contribution in [0, 0.1) is 5.41 Å². The van der Waals surface area contributed by atoms with Crippen molar-refractivity contribution in [2.75, 3.05) is 0 Å². The van der Waals surface area contributed by atoms with Gasteiger partial charge in [0.1, 0.15) is 0 Å². The summed E-state index contributed by atoms with van der Waals surface area (Å²) >= 11 is 0. The highest BCUT2D eigenvalue weighted by Gasteiger charge is 2.29. The zero-order valence-corrected chi connectivity index (χ0v) is 15.7. The number of aromatic amines is 1. The molecule has 0 fully saturated rings. The van der Waals surface area contributed by atoms with E-state index in [1.54, 1.807) is 0 Å². The first-order chi connectivity index (χ1) is 13.1. The van der Waals surface area contributed by atoms with Crippen LogP contribution in [0.15, 0.2) is 48.8 Å². The van der Waals surface area contributed by atoms with E-state index in [0.29, 0.717) is 5.41 Å². The SMILES string of the molecule is CC1(C)CCc2c(-c3cnc4c(cnn4Cc4ccccc4)c3)n[nH]c2C1. The molecule has 3 heterocycles. The highest BCUT2D eigenvalue weighted by molar-refractivity contribution is 5.80. The number of rotatable bonds is 3. The van der Waals surface area contributed by atoms with Crippen LogP contribution in [0.5, 0.6) is 0 Å². The van der Waals surface area contributed by atoms with Gasteiger partial charge in [-0.1, -0.05) is 44.2 Å². The lowest BCUT2D eigenvalue weighted by Crippen LogP contribution is -2.21. The quantitative estimate of drug-likeness (QED) is 0.592. The predicted octanol–water partition coefficient (Wildman–Crippen LogP) is 4.38. The summed E-state index contributed by atoms with van der Waals surface area (Å²) < 4.78 is 1.96. The monoisotopic (exact) mass is 357 g/mol. The summed E-state index contributed by atoms with van der Waals surface area (Å²) in [5, 5.41) is 13.5. The minimum Gasteiger partial charge on any atom is -0.282 e. The van der Waals surface area contributed by atoms with Crippen molar-refractivity contribution in [1.29, 1.82) is 0 Å². The molecule has 136 valence electrons. The molecule has 5 heteroatoms. The second-order valence-corrected chi connectivity index (χ2v) is 8.29. The molecule has 0 saturated heterocycles. The van der Waals surface area contributed by atoms with Crippen molar-refractivity contribution < 1.29 is 0 Å². The standard InChI is InChI=1S/C22H23N5/c1-22(2)9-8-18-19(11-22)25-26-20(18)16-10-17-13-24-27(21(17)23-12-16)14-15-6-4-3-5-7-15/h3-7,10,12-13H,8-9,11,14H2,1-2H3,(H,25,26). The molecule has 1 aliphatic carbocycles. The number of nitrogens with one attached hydrogen (secondary N) is 1. The molecule has 5 rings (SSSR count). The molecule has 3 aromatic heterocycles. The van der Waals surface area contributed by atoms with Crippen LogP contribution in [0.2, 0.25) is 0 Å². The Morgan fingerprint density at radius 1 is 1.15 bits per heavy atom. The molecular weight excluding hydrogens is 334 g/mol. The number of nitrogens with zero attached hydrogens (tertiary/aromatic N) is 4. The second kappa shape index (κ2) is 6.05. The molecule has 0 spiro atoms. The highest BCUT2D eigenvalue weighted by Crippen LogP contribution is 2.37. The number of aromatic nitrogens is 5. The van der Waals surface area contributed by atoms with Crippen LogP contribution in [0.1, 0.15) is 37.1 Å². The lowest BCUT2D eigenvalue weighted by atomic mass is 9.76. The third kappa shape index (κ3) is 2.93. The predicted molar refractivity (Wildman–Crippen MR) is 106 cm³/mol. The Bertz CT molecular complexity index is 1100. The number of H-pyrrole nitrogens is 1. The van der Waals surface area contributed by atoms with Gasteiger partial charge in [-0.15, -0.1) is 0 Å². The molecule has 0 radical (unpaired) electrons. The molecule has 0 atom stereocenters. The smallest absolute Gasteiger partial charge is 0.158 e. The molecule has 1 aliphatic rings. The molecule has 0 unspecified atom stereocenters. The average Bonchev–Trinajstić information content (AvgIpc) is 3.25. The first-order valence-corrected chi connectivity index (χ1v) is 9.51. The molecule has 5 nitrogen and oxygen atoms in total. The van der Waals surface area contributed by atoms with Crippen LogP contribution in [0.25, 0.3) is 22.3 Å². The maximum Gasteiger partial charge on any atom is 0.158 e. The molecule has 0 amide bonds. The maximum absolute atomic E-state index is 4.72. The van der Waals surface area contributed by atoms with Crippen molar-refractivity contribution in [3.05, 3.63) is 65.6 Å². The maximum atomic E-state index is 4.72. The van der Waals surface area contributed by atoms with Crippen molar-refractivity contribution in [3.63, 3.8) is 0 Å². The molecule has 1 aromatic carbocycles. The summed E-state index contributed by atoms with van der Waals surface area (Å²) in [7, 11) is 0. The fourth-order valence-electron chi connectivity index (χ4n) is 4.06. The molecular formula is C22H23N5. The first kappa shape index (κ1) is 16.2. The fraction of sp³-hybridized carbons (Fsp3) is 0.318. The van der Waals surface area contributed by atoms with E-state index < -0.39 is 0 Å². The first-order valence-electron chi connectivity index (χ1n) is 9.51. The third-order valence-corrected chi connectivity index (χ3v) is 5.58. The highest BCUT2D eigenvalue weighted by atomic mass is 15.3. The summed E-state index contributed by atoms with van der Waals surface area (Å²) in [5.74, 6) is 0. The van der Waals surface area contributed by atoms with Gasteiger partial charge in [-0.2, -0.15) is 10.2 Å². The lowest BCUT2D eigenvalue weighted by Gasteiger charge is -2.29. The number of fused-ring (bicyclic) bond motifs is 2. The van der Waals surface area contributed by atoms with E-state index in [0.717, 1.165) is 41.7 Å². The minimum atomic E-state index is 0.345. The summed E-state index contributed by atoms with van der Waals surface area (Å²) in [6.07, 6.45) is 7.15. The summed E-state index contributed by atoms with van der Waals surface area (Å²) in [6.45, 7) is 5.37. The summed E-state index contributed by atoms with van der Waals surface area (Å²) in [6, 6.07) is 12.5. The molecule has 1 N–H and O–H groups in total. The van der Waals surface area contributed by atoms with E-state index in [1.165, 1.54) is 23.2 Å². The van der Waals surface area contributed by atoms with Crippen molar-refractivity contribution in [3.8, 4) is 11.3 Å². The summed E-state index contributed by atoms with van der Waals surface area (Å²) in [4.78, 5) is 4.72. The number of hydrogen-bond donors (Lipinski definition) is 1. The Kier molecular flexibility index (Phi) is 3.64. The van der Waals surface area contributed by atoms with Crippen LogP contribution in [0.4, 0.5) is 0 Å². The van der Waals surface area contributed by atoms with Crippen LogP contribution in [-0.2, 0) is 19.4 Å². The zero-order valence-electron chi connectivity index (χ0n) is 15.7. The van der Waals surface area contributed by atoms with Crippen molar-refractivity contribution in [1.82, 2.24) is 25.0 Å². The van der Waals surface area contributed by atoms with Gasteiger partial charge in [-0.25, -0.2) is 9.67 Å². The Morgan fingerprint density at radius 2 is 2.00 bits per heavy atom. The Hall–Kier alpha value is -2.95. The van der Waals surface area contributed by atoms with E-state index in [9.17, 15) is 0 Å². The van der Waals surface area contributed by atoms with Gasteiger partial charge in [-0.05, 0) is 36.3 Å². The van der Waals surface area contributed by atoms with E-state index >= 15 is 0 Å². The summed E-state index contributed by atoms with van der Waals surface area (Å²) in [5.41, 5.74) is 7.22. The van der Waals surface area contributed by atoms with Crippen molar-refractivity contribution >= 4 is 11.0 Å². The van der Waals surface area contributed by atoms with Gasteiger partial charge in [0, 0.05) is 28.4 Å². The number of pyridine rings is 1. The Balaban J connectivity index is 1.49. The number of hydrogen-bond acceptors (Lipinski definition) is 3. The fourth-order valence-corrected chi connectivity index (χ4v) is 4.06. The van der Waals surface area contributed by atoms with Gasteiger partial charge in [0.2, 0.25) is 0 Å². The third-order valence-electron chi connectivity index (χ3n) is 5.58. The van der Waals surface area contributed by atoms with E-state index in [2.05, 4.69) is 59.5 Å². The minimum absolute atomic E-state index is 0.345. The largest absolute Gasteiger partial charge is 0.282 e. The van der Waals surface area contributed by atoms with Crippen LogP contribution in [0.3, 0.4) is 0 Å². The zero-order chi connectivity index (χ0) is 18.4. The van der Waals surface area contributed by atoms with Crippen LogP contribution < -0.4 is 0 Å². The van der Waals surface area contributed by atoms with Crippen molar-refractivity contribution in [2.45, 2.75) is 39.7 Å². The van der Waals surface area contributed by atoms with Crippen molar-refractivity contribution in [2.24, 2.45) is 5.41 Å². The normalized spacial score (nSPS) is 15.8. The molecule has 0 aliphatic heterocycles. The van der Waals surface area contributed by atoms with Gasteiger partial charge in [0.25, 0.3) is 0 Å². The van der Waals surface area contributed by atoms with Gasteiger partial charge in [-0.3, -0.25) is 5.10 Å². The van der Waals surface area contributed by atoms with Gasteiger partial charge >= 0.3 is 0 Å². The van der Waals surface area contributed by atoms with Crippen LogP contribution in [-0.4, -0.2) is 25.0 Å². The lowest BCUT2D eigenvalue weighted by molar-refractivity contribution is 0.312. The number of benzene rings is 1. The van der Waals surface area contributed by atoms with E-state index in [-0.39, 0.29) is 0 Å². The molecule has 0 saturated carbocycles. The Morgan fingerprint density at radius 3 is 2.85 bits per heavy atom. The molecule has 4 aromatic rings. The topological polar surface area (TPSA) is 59.4 Å². The van der Waals surface area contributed by atoms with Gasteiger partial charge < -0.3 is 0 Å². The molecule has 0 bridgehead atoms. The average molecular weight is 357 g/mol. The van der Waals surface area contributed by atoms with Gasteiger partial charge in [0.15, 0.2) is 5.65 Å². The van der Waals surface area contributed by atoms with E-state index in [1.807, 2.05) is 23.1 Å². The van der Waals surface area contributed by atoms with Crippen LogP contribution >= 0.6 is 0 Å². The van der Waals surface area contributed by atoms with Gasteiger partial charge in [0.05, 0.1) is 18.4 Å². The second-order valence-electron chi connectivity index (χ2n) is 8.29. The Labute approximate surface area is 158 Å².